The average Bonchev–Trinajstić information content (AvgIpc) is 2.39. The van der Waals surface area contributed by atoms with Gasteiger partial charge in [-0.15, -0.1) is 0 Å². The van der Waals surface area contributed by atoms with Crippen molar-refractivity contribution in [1.82, 2.24) is 5.32 Å². The highest BCUT2D eigenvalue weighted by Crippen LogP contribution is 2.25. The fourth-order valence-corrected chi connectivity index (χ4v) is 1.41. The van der Waals surface area contributed by atoms with E-state index >= 15 is 0 Å². The van der Waals surface area contributed by atoms with E-state index in [2.05, 4.69) is 10.6 Å². The lowest BCUT2D eigenvalue weighted by Crippen LogP contribution is -2.19. The highest BCUT2D eigenvalue weighted by molar-refractivity contribution is 5.92. The van der Waals surface area contributed by atoms with Gasteiger partial charge in [-0.25, -0.2) is 4.39 Å². The summed E-state index contributed by atoms with van der Waals surface area (Å²) in [5.74, 6) is -0.198. The molecule has 5 nitrogen and oxygen atoms in total. The van der Waals surface area contributed by atoms with Gasteiger partial charge in [0.15, 0.2) is 0 Å². The summed E-state index contributed by atoms with van der Waals surface area (Å²) in [6.07, 6.45) is 0.310. The number of rotatable bonds is 8. The number of halogens is 1. The van der Waals surface area contributed by atoms with Crippen molar-refractivity contribution < 1.29 is 18.7 Å². The number of methoxy groups -OCH3 is 1. The first-order chi connectivity index (χ1) is 9.17. The summed E-state index contributed by atoms with van der Waals surface area (Å²) in [6, 6.07) is 4.00. The molecule has 0 heterocycles. The van der Waals surface area contributed by atoms with Crippen LogP contribution in [0.15, 0.2) is 18.2 Å². The number of nitrogens with one attached hydrogen (secondary N) is 2. The second-order valence-electron chi connectivity index (χ2n) is 3.88. The first-order valence-corrected chi connectivity index (χ1v) is 6.03. The van der Waals surface area contributed by atoms with E-state index in [0.29, 0.717) is 37.6 Å². The van der Waals surface area contributed by atoms with Crippen molar-refractivity contribution in [2.75, 3.05) is 39.2 Å². The van der Waals surface area contributed by atoms with E-state index in [0.717, 1.165) is 0 Å². The molecule has 0 atom stereocenters. The minimum absolute atomic E-state index is 0.198. The predicted octanol–water partition coefficient (Wildman–Crippen LogP) is 1.40. The average molecular weight is 270 g/mol. The van der Waals surface area contributed by atoms with Crippen LogP contribution in [-0.2, 0) is 9.53 Å². The first kappa shape index (κ1) is 15.4. The Morgan fingerprint density at radius 1 is 1.37 bits per heavy atom. The van der Waals surface area contributed by atoms with Crippen LogP contribution in [0.2, 0.25) is 0 Å². The van der Waals surface area contributed by atoms with Crippen molar-refractivity contribution in [3.8, 4) is 5.75 Å². The summed E-state index contributed by atoms with van der Waals surface area (Å²) in [5.41, 5.74) is 0.331. The third-order valence-corrected chi connectivity index (χ3v) is 2.36. The van der Waals surface area contributed by atoms with Crippen molar-refractivity contribution in [3.05, 3.63) is 24.0 Å². The number of benzene rings is 1. The normalized spacial score (nSPS) is 10.3. The van der Waals surface area contributed by atoms with E-state index in [1.807, 2.05) is 0 Å². The van der Waals surface area contributed by atoms with E-state index in [9.17, 15) is 9.18 Å². The Kier molecular flexibility index (Phi) is 6.84. The summed E-state index contributed by atoms with van der Waals surface area (Å²) >= 11 is 0. The Morgan fingerprint density at radius 2 is 2.16 bits per heavy atom. The van der Waals surface area contributed by atoms with Crippen LogP contribution < -0.4 is 15.4 Å². The standard InChI is InChI=1S/C13H19FN2O3/c1-15-6-5-13(17)16-11-9-10(14)3-4-12(11)19-8-7-18-2/h3-4,9,15H,5-8H2,1-2H3,(H,16,17). The SMILES string of the molecule is CNCCC(=O)Nc1cc(F)ccc1OCCOC. The molecule has 0 bridgehead atoms. The Balaban J connectivity index is 2.67. The monoisotopic (exact) mass is 270 g/mol. The van der Waals surface area contributed by atoms with Gasteiger partial charge in [-0.1, -0.05) is 0 Å². The molecule has 1 rings (SSSR count). The molecule has 1 amide bonds. The van der Waals surface area contributed by atoms with Crippen LogP contribution in [0, 0.1) is 5.82 Å². The first-order valence-electron chi connectivity index (χ1n) is 6.03. The van der Waals surface area contributed by atoms with Gasteiger partial charge in [0.25, 0.3) is 0 Å². The molecular weight excluding hydrogens is 251 g/mol. The van der Waals surface area contributed by atoms with Crippen LogP contribution in [0.3, 0.4) is 0 Å². The van der Waals surface area contributed by atoms with Gasteiger partial charge in [-0.3, -0.25) is 4.79 Å². The number of hydrogen-bond donors (Lipinski definition) is 2. The summed E-state index contributed by atoms with van der Waals surface area (Å²) in [5, 5.41) is 5.50. The molecule has 6 heteroatoms. The largest absolute Gasteiger partial charge is 0.489 e. The molecule has 1 aromatic carbocycles. The van der Waals surface area contributed by atoms with E-state index < -0.39 is 5.82 Å². The second-order valence-corrected chi connectivity index (χ2v) is 3.88. The molecule has 0 aliphatic heterocycles. The quantitative estimate of drug-likeness (QED) is 0.701. The zero-order valence-corrected chi connectivity index (χ0v) is 11.2. The van der Waals surface area contributed by atoms with Crippen LogP contribution >= 0.6 is 0 Å². The molecule has 0 fully saturated rings. The zero-order chi connectivity index (χ0) is 14.1. The Labute approximate surface area is 112 Å². The molecule has 0 aromatic heterocycles. The van der Waals surface area contributed by atoms with Gasteiger partial charge in [0.05, 0.1) is 12.3 Å². The van der Waals surface area contributed by atoms with Crippen molar-refractivity contribution >= 4 is 11.6 Å². The summed E-state index contributed by atoms with van der Waals surface area (Å²) < 4.78 is 23.5. The Morgan fingerprint density at radius 3 is 2.84 bits per heavy atom. The molecule has 0 aliphatic carbocycles. The topological polar surface area (TPSA) is 59.6 Å². The highest BCUT2D eigenvalue weighted by Gasteiger charge is 2.09. The van der Waals surface area contributed by atoms with Gasteiger partial charge in [0.2, 0.25) is 5.91 Å². The maximum Gasteiger partial charge on any atom is 0.225 e. The predicted molar refractivity (Wildman–Crippen MR) is 70.9 cm³/mol. The van der Waals surface area contributed by atoms with Gasteiger partial charge < -0.3 is 20.1 Å². The molecule has 2 N–H and O–H groups in total. The number of carbonyl (C=O) groups excluding carboxylic acids is 1. The maximum atomic E-state index is 13.2. The Bertz CT molecular complexity index is 413. The maximum absolute atomic E-state index is 13.2. The number of amides is 1. The number of carbonyl (C=O) groups is 1. The molecule has 0 aliphatic rings. The van der Waals surface area contributed by atoms with Crippen LogP contribution in [0.5, 0.6) is 5.75 Å². The zero-order valence-electron chi connectivity index (χ0n) is 11.2. The van der Waals surface area contributed by atoms with E-state index in [1.54, 1.807) is 14.2 Å². The lowest BCUT2D eigenvalue weighted by Gasteiger charge is -2.12. The summed E-state index contributed by atoms with van der Waals surface area (Å²) in [4.78, 5) is 11.6. The van der Waals surface area contributed by atoms with E-state index in [4.69, 9.17) is 9.47 Å². The van der Waals surface area contributed by atoms with Crippen molar-refractivity contribution in [2.24, 2.45) is 0 Å². The van der Waals surface area contributed by atoms with Crippen molar-refractivity contribution in [1.29, 1.82) is 0 Å². The fraction of sp³-hybridized carbons (Fsp3) is 0.462. The highest BCUT2D eigenvalue weighted by atomic mass is 19.1. The van der Waals surface area contributed by atoms with E-state index in [1.165, 1.54) is 18.2 Å². The van der Waals surface area contributed by atoms with Gasteiger partial charge >= 0.3 is 0 Å². The molecule has 0 unspecified atom stereocenters. The summed E-state index contributed by atoms with van der Waals surface area (Å²) in [7, 11) is 3.32. The minimum atomic E-state index is -0.428. The third kappa shape index (κ3) is 5.67. The number of hydrogen-bond acceptors (Lipinski definition) is 4. The number of anilines is 1. The van der Waals surface area contributed by atoms with Crippen molar-refractivity contribution in [2.45, 2.75) is 6.42 Å². The summed E-state index contributed by atoms with van der Waals surface area (Å²) in [6.45, 7) is 1.31. The van der Waals surface area contributed by atoms with Gasteiger partial charge in [-0.2, -0.15) is 0 Å². The minimum Gasteiger partial charge on any atom is -0.489 e. The molecule has 0 radical (unpaired) electrons. The van der Waals surface area contributed by atoms with Crippen molar-refractivity contribution in [3.63, 3.8) is 0 Å². The van der Waals surface area contributed by atoms with Gasteiger partial charge in [0, 0.05) is 26.1 Å². The lowest BCUT2D eigenvalue weighted by molar-refractivity contribution is -0.116. The van der Waals surface area contributed by atoms with Crippen LogP contribution in [0.25, 0.3) is 0 Å². The molecule has 0 spiro atoms. The molecule has 19 heavy (non-hydrogen) atoms. The molecular formula is C13H19FN2O3. The molecule has 1 aromatic rings. The van der Waals surface area contributed by atoms with Crippen LogP contribution in [0.1, 0.15) is 6.42 Å². The van der Waals surface area contributed by atoms with Gasteiger partial charge in [-0.05, 0) is 19.2 Å². The molecule has 106 valence electrons. The van der Waals surface area contributed by atoms with E-state index in [-0.39, 0.29) is 5.91 Å². The molecule has 0 saturated carbocycles. The fourth-order valence-electron chi connectivity index (χ4n) is 1.41. The number of ether oxygens (including phenoxy) is 2. The third-order valence-electron chi connectivity index (χ3n) is 2.36. The van der Waals surface area contributed by atoms with Gasteiger partial charge in [0.1, 0.15) is 18.2 Å². The van der Waals surface area contributed by atoms with Crippen LogP contribution in [-0.4, -0.2) is 39.8 Å². The smallest absolute Gasteiger partial charge is 0.225 e. The van der Waals surface area contributed by atoms with Crippen LogP contribution in [0.4, 0.5) is 10.1 Å². The second kappa shape index (κ2) is 8.44. The molecule has 0 saturated heterocycles. The lowest BCUT2D eigenvalue weighted by atomic mass is 10.2. The Hall–Kier alpha value is -1.66.